The molecule has 2 atom stereocenters. The fourth-order valence-corrected chi connectivity index (χ4v) is 4.01. The number of halogens is 1. The van der Waals surface area contributed by atoms with Crippen molar-refractivity contribution >= 4 is 27.5 Å². The summed E-state index contributed by atoms with van der Waals surface area (Å²) in [4.78, 5) is 20.2. The van der Waals surface area contributed by atoms with E-state index in [0.717, 1.165) is 26.5 Å². The van der Waals surface area contributed by atoms with Crippen LogP contribution >= 0.6 is 11.3 Å². The topological polar surface area (TPSA) is 64.1 Å². The van der Waals surface area contributed by atoms with Crippen LogP contribution in [0.1, 0.15) is 18.4 Å². The number of aryl methyl sites for hydroxylation is 1. The summed E-state index contributed by atoms with van der Waals surface area (Å²) in [6.45, 7) is 4.56. The highest BCUT2D eigenvalue weighted by molar-refractivity contribution is 7.18. The number of benzene rings is 1. The van der Waals surface area contributed by atoms with Crippen LogP contribution in [0.2, 0.25) is 0 Å². The second-order valence-corrected chi connectivity index (χ2v) is 7.71. The number of rotatable bonds is 4. The zero-order valence-corrected chi connectivity index (χ0v) is 15.3. The van der Waals surface area contributed by atoms with Gasteiger partial charge in [0.05, 0.1) is 27.1 Å². The summed E-state index contributed by atoms with van der Waals surface area (Å²) in [6, 6.07) is 6.89. The van der Waals surface area contributed by atoms with Crippen LogP contribution in [0.25, 0.3) is 21.5 Å². The van der Waals surface area contributed by atoms with Crippen LogP contribution < -0.4 is 10.1 Å². The number of nitrogens with zero attached hydrogens (tertiary/aromatic N) is 2. The molecule has 4 rings (SSSR count). The van der Waals surface area contributed by atoms with Crippen LogP contribution in [-0.4, -0.2) is 28.5 Å². The third-order valence-corrected chi connectivity index (χ3v) is 5.57. The monoisotopic (exact) mass is 371 g/mol. The van der Waals surface area contributed by atoms with Crippen molar-refractivity contribution in [3.8, 4) is 17.0 Å². The van der Waals surface area contributed by atoms with Gasteiger partial charge in [-0.1, -0.05) is 0 Å². The summed E-state index contributed by atoms with van der Waals surface area (Å²) in [5.41, 5.74) is 2.32. The Morgan fingerprint density at radius 3 is 2.92 bits per heavy atom. The molecule has 0 radical (unpaired) electrons. The fraction of sp³-hybridized carbons (Fsp3) is 0.316. The summed E-state index contributed by atoms with van der Waals surface area (Å²) < 4.78 is 20.4. The standard InChI is InChI=1S/C19H18FN3O2S/c1-10(13-7-18(24)22-8-13)25-17-6-12(15-4-3-14(20)9-21-15)5-16-19(17)26-11(2)23-16/h3-6,9-10,13H,7-8H2,1-2H3,(H,22,24)/t10?,13-/m1/s1. The van der Waals surface area contributed by atoms with E-state index < -0.39 is 0 Å². The number of thiazole rings is 1. The molecule has 1 aliphatic heterocycles. The normalized spacial score (nSPS) is 18.1. The van der Waals surface area contributed by atoms with Gasteiger partial charge in [0, 0.05) is 24.4 Å². The van der Waals surface area contributed by atoms with E-state index in [4.69, 9.17) is 4.74 Å². The van der Waals surface area contributed by atoms with Crippen LogP contribution in [0.4, 0.5) is 4.39 Å². The molecule has 1 unspecified atom stereocenters. The van der Waals surface area contributed by atoms with E-state index >= 15 is 0 Å². The first-order valence-electron chi connectivity index (χ1n) is 8.46. The van der Waals surface area contributed by atoms with E-state index in [1.807, 2.05) is 26.0 Å². The Morgan fingerprint density at radius 2 is 2.23 bits per heavy atom. The van der Waals surface area contributed by atoms with Gasteiger partial charge in [0.15, 0.2) is 0 Å². The first kappa shape index (κ1) is 16.9. The van der Waals surface area contributed by atoms with E-state index in [9.17, 15) is 9.18 Å². The maximum absolute atomic E-state index is 13.2. The number of amides is 1. The molecule has 1 aromatic carbocycles. The molecule has 1 aliphatic rings. The van der Waals surface area contributed by atoms with Gasteiger partial charge in [-0.2, -0.15) is 0 Å². The van der Waals surface area contributed by atoms with Crippen molar-refractivity contribution in [2.24, 2.45) is 5.92 Å². The predicted molar refractivity (Wildman–Crippen MR) is 98.8 cm³/mol. The molecule has 1 saturated heterocycles. The second kappa shape index (κ2) is 6.64. The zero-order chi connectivity index (χ0) is 18.3. The smallest absolute Gasteiger partial charge is 0.220 e. The molecule has 0 aliphatic carbocycles. The first-order valence-corrected chi connectivity index (χ1v) is 9.28. The lowest BCUT2D eigenvalue weighted by molar-refractivity contribution is -0.119. The lowest BCUT2D eigenvalue weighted by Gasteiger charge is -2.20. The molecule has 2 aromatic heterocycles. The Morgan fingerprint density at radius 1 is 1.38 bits per heavy atom. The minimum absolute atomic E-state index is 0.0634. The number of nitrogens with one attached hydrogen (secondary N) is 1. The van der Waals surface area contributed by atoms with Gasteiger partial charge in [-0.25, -0.2) is 9.37 Å². The van der Waals surface area contributed by atoms with E-state index in [1.165, 1.54) is 12.3 Å². The molecule has 1 fully saturated rings. The Balaban J connectivity index is 1.72. The summed E-state index contributed by atoms with van der Waals surface area (Å²) in [6.07, 6.45) is 1.56. The highest BCUT2D eigenvalue weighted by Gasteiger charge is 2.28. The largest absolute Gasteiger partial charge is 0.489 e. The Hall–Kier alpha value is -2.54. The number of hydrogen-bond acceptors (Lipinski definition) is 5. The van der Waals surface area contributed by atoms with E-state index in [0.29, 0.717) is 18.7 Å². The number of hydrogen-bond donors (Lipinski definition) is 1. The molecular formula is C19H18FN3O2S. The number of ether oxygens (including phenoxy) is 1. The molecule has 5 nitrogen and oxygen atoms in total. The van der Waals surface area contributed by atoms with Crippen molar-refractivity contribution in [1.82, 2.24) is 15.3 Å². The molecule has 134 valence electrons. The third kappa shape index (κ3) is 3.26. The van der Waals surface area contributed by atoms with Gasteiger partial charge >= 0.3 is 0 Å². The Kier molecular flexibility index (Phi) is 4.32. The maximum Gasteiger partial charge on any atom is 0.220 e. The van der Waals surface area contributed by atoms with E-state index in [1.54, 1.807) is 17.4 Å². The molecule has 3 aromatic rings. The number of pyridine rings is 1. The molecule has 7 heteroatoms. The number of fused-ring (bicyclic) bond motifs is 1. The number of aromatic nitrogens is 2. The van der Waals surface area contributed by atoms with Crippen LogP contribution in [0.5, 0.6) is 5.75 Å². The summed E-state index contributed by atoms with van der Waals surface area (Å²) in [5.74, 6) is 0.552. The average molecular weight is 371 g/mol. The maximum atomic E-state index is 13.2. The van der Waals surface area contributed by atoms with Crippen molar-refractivity contribution in [3.63, 3.8) is 0 Å². The lowest BCUT2D eigenvalue weighted by Crippen LogP contribution is -2.25. The SMILES string of the molecule is Cc1nc2cc(-c3ccc(F)cn3)cc(OC(C)[C@H]3CNC(=O)C3)c2s1. The van der Waals surface area contributed by atoms with Crippen molar-refractivity contribution in [3.05, 3.63) is 41.3 Å². The molecule has 0 bridgehead atoms. The van der Waals surface area contributed by atoms with Crippen LogP contribution in [0.3, 0.4) is 0 Å². The highest BCUT2D eigenvalue weighted by Crippen LogP contribution is 2.37. The predicted octanol–water partition coefficient (Wildman–Crippen LogP) is 3.71. The molecule has 26 heavy (non-hydrogen) atoms. The summed E-state index contributed by atoms with van der Waals surface area (Å²) in [7, 11) is 0. The number of carbonyl (C=O) groups is 1. The van der Waals surface area contributed by atoms with Gasteiger partial charge in [0.25, 0.3) is 0 Å². The molecule has 0 saturated carbocycles. The zero-order valence-electron chi connectivity index (χ0n) is 14.5. The minimum atomic E-state index is -0.372. The molecule has 1 N–H and O–H groups in total. The summed E-state index contributed by atoms with van der Waals surface area (Å²) >= 11 is 1.57. The Labute approximate surface area is 154 Å². The molecule has 0 spiro atoms. The quantitative estimate of drug-likeness (QED) is 0.759. The third-order valence-electron chi connectivity index (χ3n) is 4.57. The number of carbonyl (C=O) groups excluding carboxylic acids is 1. The first-order chi connectivity index (χ1) is 12.5. The molecule has 3 heterocycles. The van der Waals surface area contributed by atoms with Gasteiger partial charge in [-0.3, -0.25) is 9.78 Å². The van der Waals surface area contributed by atoms with Gasteiger partial charge in [0.1, 0.15) is 17.7 Å². The van der Waals surface area contributed by atoms with Crippen LogP contribution in [0, 0.1) is 18.7 Å². The van der Waals surface area contributed by atoms with Gasteiger partial charge in [0.2, 0.25) is 5.91 Å². The average Bonchev–Trinajstić information content (AvgIpc) is 3.20. The van der Waals surface area contributed by atoms with Gasteiger partial charge in [-0.05, 0) is 38.1 Å². The van der Waals surface area contributed by atoms with E-state index in [2.05, 4.69) is 15.3 Å². The lowest BCUT2D eigenvalue weighted by atomic mass is 10.0. The second-order valence-electron chi connectivity index (χ2n) is 6.51. The summed E-state index contributed by atoms with van der Waals surface area (Å²) in [5, 5.41) is 3.79. The van der Waals surface area contributed by atoms with Crippen molar-refractivity contribution in [1.29, 1.82) is 0 Å². The minimum Gasteiger partial charge on any atom is -0.489 e. The van der Waals surface area contributed by atoms with Gasteiger partial charge < -0.3 is 10.1 Å². The van der Waals surface area contributed by atoms with Crippen LogP contribution in [0.15, 0.2) is 30.5 Å². The molecule has 1 amide bonds. The Bertz CT molecular complexity index is 971. The van der Waals surface area contributed by atoms with Crippen molar-refractivity contribution < 1.29 is 13.9 Å². The van der Waals surface area contributed by atoms with Crippen molar-refractivity contribution in [2.75, 3.05) is 6.54 Å². The van der Waals surface area contributed by atoms with Gasteiger partial charge in [-0.15, -0.1) is 11.3 Å². The van der Waals surface area contributed by atoms with Crippen molar-refractivity contribution in [2.45, 2.75) is 26.4 Å². The fourth-order valence-electron chi connectivity index (χ4n) is 3.15. The molecular weight excluding hydrogens is 353 g/mol. The van der Waals surface area contributed by atoms with Crippen LogP contribution in [-0.2, 0) is 4.79 Å². The highest BCUT2D eigenvalue weighted by atomic mass is 32.1. The van der Waals surface area contributed by atoms with E-state index in [-0.39, 0.29) is 23.7 Å².